The highest BCUT2D eigenvalue weighted by molar-refractivity contribution is 5.75. The molecule has 1 aromatic rings. The van der Waals surface area contributed by atoms with E-state index in [1.165, 1.54) is 17.5 Å². The average Bonchev–Trinajstić information content (AvgIpc) is 2.49. The first-order valence-corrected chi connectivity index (χ1v) is 4.90. The summed E-state index contributed by atoms with van der Waals surface area (Å²) in [7, 11) is 0. The number of nitrogens with zero attached hydrogens (tertiary/aromatic N) is 1. The largest absolute Gasteiger partial charge is 0.261 e. The number of hydrogen-bond donors (Lipinski definition) is 0. The van der Waals surface area contributed by atoms with Gasteiger partial charge < -0.3 is 0 Å². The lowest BCUT2D eigenvalue weighted by atomic mass is 10.00. The van der Waals surface area contributed by atoms with Gasteiger partial charge >= 0.3 is 0 Å². The first kappa shape index (κ1) is 8.49. The molecule has 1 aliphatic rings. The van der Waals surface area contributed by atoms with E-state index in [4.69, 9.17) is 0 Å². The van der Waals surface area contributed by atoms with Gasteiger partial charge in [-0.15, -0.1) is 0 Å². The van der Waals surface area contributed by atoms with Crippen molar-refractivity contribution in [1.29, 1.82) is 0 Å². The van der Waals surface area contributed by atoms with Gasteiger partial charge in [-0.1, -0.05) is 26.0 Å². The Morgan fingerprint density at radius 3 is 3.00 bits per heavy atom. The lowest BCUT2D eigenvalue weighted by Gasteiger charge is -2.06. The Kier molecular flexibility index (Phi) is 2.17. The zero-order valence-electron chi connectivity index (χ0n) is 8.25. The molecule has 0 saturated carbocycles. The quantitative estimate of drug-likeness (QED) is 0.651. The van der Waals surface area contributed by atoms with Gasteiger partial charge in [0.15, 0.2) is 0 Å². The molecule has 1 heterocycles. The summed E-state index contributed by atoms with van der Waals surface area (Å²) in [4.78, 5) is 4.29. The Bertz CT molecular complexity index is 337. The minimum absolute atomic E-state index is 0.736. The zero-order valence-corrected chi connectivity index (χ0v) is 8.25. The number of rotatable bonds is 2. The number of aliphatic imine (C=N–C) groups is 1. The number of benzene rings is 1. The monoisotopic (exact) mass is 173 g/mol. The third-order valence-electron chi connectivity index (χ3n) is 2.33. The van der Waals surface area contributed by atoms with Gasteiger partial charge in [-0.25, -0.2) is 0 Å². The van der Waals surface area contributed by atoms with Crippen molar-refractivity contribution < 1.29 is 0 Å². The predicted molar refractivity (Wildman–Crippen MR) is 56.8 cm³/mol. The maximum atomic E-state index is 4.29. The van der Waals surface area contributed by atoms with Gasteiger partial charge in [0.2, 0.25) is 0 Å². The molecule has 0 fully saturated rings. The van der Waals surface area contributed by atoms with Crippen molar-refractivity contribution in [2.75, 3.05) is 0 Å². The molecule has 0 amide bonds. The molecule has 1 aliphatic heterocycles. The molecule has 0 N–H and O–H groups in total. The topological polar surface area (TPSA) is 12.4 Å². The van der Waals surface area contributed by atoms with Crippen LogP contribution in [0, 0.1) is 5.92 Å². The van der Waals surface area contributed by atoms with E-state index in [9.17, 15) is 0 Å². The van der Waals surface area contributed by atoms with E-state index in [0.29, 0.717) is 0 Å². The highest BCUT2D eigenvalue weighted by atomic mass is 14.7. The molecular weight excluding hydrogens is 158 g/mol. The van der Waals surface area contributed by atoms with Gasteiger partial charge in [-0.2, -0.15) is 0 Å². The third kappa shape index (κ3) is 1.80. The molecule has 0 spiro atoms. The molecule has 0 radical (unpaired) electrons. The van der Waals surface area contributed by atoms with E-state index in [1.807, 2.05) is 6.21 Å². The van der Waals surface area contributed by atoms with E-state index in [2.05, 4.69) is 37.0 Å². The van der Waals surface area contributed by atoms with Crippen LogP contribution in [0.5, 0.6) is 0 Å². The van der Waals surface area contributed by atoms with Gasteiger partial charge in [0.05, 0.1) is 5.69 Å². The molecule has 1 nitrogen and oxygen atoms in total. The maximum absolute atomic E-state index is 4.29. The van der Waals surface area contributed by atoms with E-state index >= 15 is 0 Å². The molecule has 0 saturated heterocycles. The van der Waals surface area contributed by atoms with Crippen LogP contribution in [0.4, 0.5) is 5.69 Å². The van der Waals surface area contributed by atoms with Crippen LogP contribution in [0.15, 0.2) is 23.2 Å². The minimum atomic E-state index is 0.736. The van der Waals surface area contributed by atoms with Crippen molar-refractivity contribution in [1.82, 2.24) is 0 Å². The number of hydrogen-bond acceptors (Lipinski definition) is 1. The fraction of sp³-hybridized carbons (Fsp3) is 0.417. The Hall–Kier alpha value is -1.11. The van der Waals surface area contributed by atoms with E-state index in [1.54, 1.807) is 0 Å². The fourth-order valence-corrected chi connectivity index (χ4v) is 1.77. The number of fused-ring (bicyclic) bond motifs is 1. The Balaban J connectivity index is 2.23. The van der Waals surface area contributed by atoms with Crippen LogP contribution in [-0.4, -0.2) is 6.21 Å². The molecule has 0 unspecified atom stereocenters. The van der Waals surface area contributed by atoms with Crippen molar-refractivity contribution in [2.45, 2.75) is 26.7 Å². The van der Waals surface area contributed by atoms with Crippen LogP contribution in [-0.2, 0) is 12.8 Å². The summed E-state index contributed by atoms with van der Waals surface area (Å²) in [6.07, 6.45) is 4.18. The van der Waals surface area contributed by atoms with Gasteiger partial charge in [0, 0.05) is 12.6 Å². The fourth-order valence-electron chi connectivity index (χ4n) is 1.77. The minimum Gasteiger partial charge on any atom is -0.261 e. The molecule has 1 heteroatoms. The van der Waals surface area contributed by atoms with Crippen molar-refractivity contribution in [2.24, 2.45) is 10.9 Å². The highest BCUT2D eigenvalue weighted by Crippen LogP contribution is 2.25. The Morgan fingerprint density at radius 2 is 2.23 bits per heavy atom. The lowest BCUT2D eigenvalue weighted by Crippen LogP contribution is -1.94. The van der Waals surface area contributed by atoms with Crippen molar-refractivity contribution in [3.8, 4) is 0 Å². The first-order chi connectivity index (χ1) is 6.25. The van der Waals surface area contributed by atoms with Crippen LogP contribution in [0.1, 0.15) is 25.0 Å². The molecular formula is C12H15N. The molecule has 68 valence electrons. The molecule has 0 aromatic heterocycles. The average molecular weight is 173 g/mol. The summed E-state index contributed by atoms with van der Waals surface area (Å²) < 4.78 is 0. The SMILES string of the molecule is CC(C)Cc1ccc2c(c1)CC=N2. The molecule has 2 rings (SSSR count). The Morgan fingerprint density at radius 1 is 1.38 bits per heavy atom. The van der Waals surface area contributed by atoms with Gasteiger partial charge in [0.1, 0.15) is 0 Å². The van der Waals surface area contributed by atoms with E-state index in [0.717, 1.165) is 18.0 Å². The molecule has 0 bridgehead atoms. The van der Waals surface area contributed by atoms with Gasteiger partial charge in [-0.05, 0) is 29.5 Å². The maximum Gasteiger partial charge on any atom is 0.0661 e. The van der Waals surface area contributed by atoms with Crippen LogP contribution in [0.2, 0.25) is 0 Å². The molecule has 0 aliphatic carbocycles. The Labute approximate surface area is 79.5 Å². The molecule has 13 heavy (non-hydrogen) atoms. The van der Waals surface area contributed by atoms with Gasteiger partial charge in [0.25, 0.3) is 0 Å². The first-order valence-electron chi connectivity index (χ1n) is 4.90. The molecule has 1 aromatic carbocycles. The highest BCUT2D eigenvalue weighted by Gasteiger charge is 2.07. The summed E-state index contributed by atoms with van der Waals surface area (Å²) in [5.41, 5.74) is 3.99. The summed E-state index contributed by atoms with van der Waals surface area (Å²) in [6, 6.07) is 6.63. The molecule has 0 atom stereocenters. The standard InChI is InChI=1S/C12H15N/c1-9(2)7-10-3-4-12-11(8-10)5-6-13-12/h3-4,6,8-9H,5,7H2,1-2H3. The lowest BCUT2D eigenvalue weighted by molar-refractivity contribution is 0.647. The van der Waals surface area contributed by atoms with Crippen molar-refractivity contribution >= 4 is 11.9 Å². The van der Waals surface area contributed by atoms with Gasteiger partial charge in [-0.3, -0.25) is 4.99 Å². The second-order valence-electron chi connectivity index (χ2n) is 4.08. The summed E-state index contributed by atoms with van der Waals surface area (Å²) >= 11 is 0. The summed E-state index contributed by atoms with van der Waals surface area (Å²) in [5, 5.41) is 0. The van der Waals surface area contributed by atoms with Crippen LogP contribution in [0.25, 0.3) is 0 Å². The normalized spacial score (nSPS) is 13.8. The second-order valence-corrected chi connectivity index (χ2v) is 4.08. The third-order valence-corrected chi connectivity index (χ3v) is 2.33. The van der Waals surface area contributed by atoms with Crippen LogP contribution < -0.4 is 0 Å². The summed E-state index contributed by atoms with van der Waals surface area (Å²) in [5.74, 6) is 0.736. The summed E-state index contributed by atoms with van der Waals surface area (Å²) in [6.45, 7) is 4.51. The smallest absolute Gasteiger partial charge is 0.0661 e. The van der Waals surface area contributed by atoms with Crippen molar-refractivity contribution in [3.05, 3.63) is 29.3 Å². The van der Waals surface area contributed by atoms with E-state index < -0.39 is 0 Å². The van der Waals surface area contributed by atoms with Crippen molar-refractivity contribution in [3.63, 3.8) is 0 Å². The van der Waals surface area contributed by atoms with E-state index in [-0.39, 0.29) is 0 Å². The zero-order chi connectivity index (χ0) is 9.26. The second kappa shape index (κ2) is 3.33. The predicted octanol–water partition coefficient (Wildman–Crippen LogP) is 3.14. The van der Waals surface area contributed by atoms with Crippen LogP contribution in [0.3, 0.4) is 0 Å². The van der Waals surface area contributed by atoms with Crippen LogP contribution >= 0.6 is 0 Å².